The SMILES string of the molecule is CC(O)c1c(F)cccc1N(C)CC1CCCN1C. The number of aliphatic hydroxyl groups is 1. The van der Waals surface area contributed by atoms with Gasteiger partial charge in [0.2, 0.25) is 0 Å². The first-order valence-corrected chi connectivity index (χ1v) is 6.88. The fourth-order valence-corrected chi connectivity index (χ4v) is 2.90. The largest absolute Gasteiger partial charge is 0.389 e. The minimum absolute atomic E-state index is 0.334. The molecule has 3 nitrogen and oxygen atoms in total. The van der Waals surface area contributed by atoms with Crippen LogP contribution in [0, 0.1) is 5.82 Å². The van der Waals surface area contributed by atoms with Crippen molar-refractivity contribution in [1.82, 2.24) is 4.90 Å². The summed E-state index contributed by atoms with van der Waals surface area (Å²) in [5, 5.41) is 9.77. The Labute approximate surface area is 114 Å². The third kappa shape index (κ3) is 3.07. The van der Waals surface area contributed by atoms with E-state index in [1.54, 1.807) is 13.0 Å². The van der Waals surface area contributed by atoms with Gasteiger partial charge >= 0.3 is 0 Å². The lowest BCUT2D eigenvalue weighted by Gasteiger charge is -2.29. The lowest BCUT2D eigenvalue weighted by Crippen LogP contribution is -2.37. The topological polar surface area (TPSA) is 26.7 Å². The third-order valence-electron chi connectivity index (χ3n) is 4.02. The van der Waals surface area contributed by atoms with Crippen LogP contribution < -0.4 is 4.90 Å². The Hall–Kier alpha value is -1.13. The lowest BCUT2D eigenvalue weighted by molar-refractivity contribution is 0.194. The highest BCUT2D eigenvalue weighted by atomic mass is 19.1. The molecule has 1 aliphatic rings. The van der Waals surface area contributed by atoms with Crippen molar-refractivity contribution < 1.29 is 9.50 Å². The van der Waals surface area contributed by atoms with Gasteiger partial charge in [0.1, 0.15) is 5.82 Å². The molecule has 1 N–H and O–H groups in total. The molecule has 0 aliphatic carbocycles. The Morgan fingerprint density at radius 2 is 2.26 bits per heavy atom. The summed E-state index contributed by atoms with van der Waals surface area (Å²) in [4.78, 5) is 4.40. The number of rotatable bonds is 4. The van der Waals surface area contributed by atoms with Crippen molar-refractivity contribution in [3.63, 3.8) is 0 Å². The zero-order chi connectivity index (χ0) is 14.0. The maximum Gasteiger partial charge on any atom is 0.131 e. The van der Waals surface area contributed by atoms with Crippen molar-refractivity contribution in [3.8, 4) is 0 Å². The molecule has 0 bridgehead atoms. The highest BCUT2D eigenvalue weighted by Gasteiger charge is 2.24. The molecule has 2 rings (SSSR count). The predicted molar refractivity (Wildman–Crippen MR) is 76.0 cm³/mol. The smallest absolute Gasteiger partial charge is 0.131 e. The molecule has 1 fully saturated rings. The van der Waals surface area contributed by atoms with Crippen LogP contribution in [0.15, 0.2) is 18.2 Å². The number of likely N-dealkylation sites (N-methyl/N-ethyl adjacent to an activating group) is 2. The number of anilines is 1. The minimum Gasteiger partial charge on any atom is -0.389 e. The first-order chi connectivity index (χ1) is 9.00. The van der Waals surface area contributed by atoms with E-state index in [4.69, 9.17) is 0 Å². The van der Waals surface area contributed by atoms with E-state index in [0.717, 1.165) is 18.8 Å². The standard InChI is InChI=1S/C15H23FN2O/c1-11(19)15-13(16)7-4-8-14(15)18(3)10-12-6-5-9-17(12)2/h4,7-8,11-12,19H,5-6,9-10H2,1-3H3. The van der Waals surface area contributed by atoms with Crippen LogP contribution in [0.4, 0.5) is 10.1 Å². The first-order valence-electron chi connectivity index (χ1n) is 6.88. The molecule has 0 amide bonds. The van der Waals surface area contributed by atoms with E-state index in [9.17, 15) is 9.50 Å². The Morgan fingerprint density at radius 3 is 2.84 bits per heavy atom. The van der Waals surface area contributed by atoms with Crippen LogP contribution in [-0.4, -0.2) is 43.2 Å². The number of benzene rings is 1. The van der Waals surface area contributed by atoms with Gasteiger partial charge in [0.25, 0.3) is 0 Å². The van der Waals surface area contributed by atoms with Gasteiger partial charge < -0.3 is 14.9 Å². The summed E-state index contributed by atoms with van der Waals surface area (Å²) < 4.78 is 13.9. The molecule has 1 aliphatic heterocycles. The molecule has 2 atom stereocenters. The van der Waals surface area contributed by atoms with E-state index in [0.29, 0.717) is 11.6 Å². The molecule has 19 heavy (non-hydrogen) atoms. The Morgan fingerprint density at radius 1 is 1.53 bits per heavy atom. The van der Waals surface area contributed by atoms with Crippen molar-refractivity contribution in [1.29, 1.82) is 0 Å². The van der Waals surface area contributed by atoms with Crippen molar-refractivity contribution in [2.45, 2.75) is 31.9 Å². The molecule has 1 aromatic carbocycles. The molecule has 0 aromatic heterocycles. The molecule has 1 heterocycles. The number of hydrogen-bond acceptors (Lipinski definition) is 3. The molecule has 4 heteroatoms. The summed E-state index contributed by atoms with van der Waals surface area (Å²) in [7, 11) is 4.10. The van der Waals surface area contributed by atoms with Gasteiger partial charge in [-0.15, -0.1) is 0 Å². The summed E-state index contributed by atoms with van der Waals surface area (Å²) in [6.07, 6.45) is 1.61. The van der Waals surface area contributed by atoms with Crippen LogP contribution >= 0.6 is 0 Å². The number of likely N-dealkylation sites (tertiary alicyclic amines) is 1. The fourth-order valence-electron chi connectivity index (χ4n) is 2.90. The molecule has 106 valence electrons. The van der Waals surface area contributed by atoms with Crippen molar-refractivity contribution >= 4 is 5.69 Å². The molecule has 0 saturated carbocycles. The number of halogens is 1. The first kappa shape index (κ1) is 14.3. The lowest BCUT2D eigenvalue weighted by atomic mass is 10.1. The van der Waals surface area contributed by atoms with Gasteiger partial charge in [-0.3, -0.25) is 0 Å². The van der Waals surface area contributed by atoms with Crippen LogP contribution in [0.2, 0.25) is 0 Å². The second kappa shape index (κ2) is 5.88. The molecule has 1 aromatic rings. The Bertz CT molecular complexity index is 436. The van der Waals surface area contributed by atoms with Gasteiger partial charge in [-0.1, -0.05) is 6.07 Å². The van der Waals surface area contributed by atoms with Gasteiger partial charge in [-0.25, -0.2) is 4.39 Å². The predicted octanol–water partition coefficient (Wildman–Crippen LogP) is 2.41. The fraction of sp³-hybridized carbons (Fsp3) is 0.600. The van der Waals surface area contributed by atoms with Gasteiger partial charge in [0, 0.05) is 30.9 Å². The van der Waals surface area contributed by atoms with E-state index in [1.807, 2.05) is 13.1 Å². The van der Waals surface area contributed by atoms with Crippen LogP contribution in [0.1, 0.15) is 31.4 Å². The summed E-state index contributed by atoms with van der Waals surface area (Å²) in [5.74, 6) is -0.334. The van der Waals surface area contributed by atoms with Crippen LogP contribution in [0.5, 0.6) is 0 Å². The second-order valence-electron chi connectivity index (χ2n) is 5.51. The molecule has 2 unspecified atom stereocenters. The van der Waals surface area contributed by atoms with Gasteiger partial charge in [0.15, 0.2) is 0 Å². The summed E-state index contributed by atoms with van der Waals surface area (Å²) in [5.41, 5.74) is 1.18. The minimum atomic E-state index is -0.792. The highest BCUT2D eigenvalue weighted by Crippen LogP contribution is 2.29. The summed E-state index contributed by atoms with van der Waals surface area (Å²) in [6, 6.07) is 5.49. The zero-order valence-electron chi connectivity index (χ0n) is 11.9. The average molecular weight is 266 g/mol. The molecular formula is C15H23FN2O. The highest BCUT2D eigenvalue weighted by molar-refractivity contribution is 5.54. The normalized spacial score (nSPS) is 21.6. The maximum absolute atomic E-state index is 13.9. The van der Waals surface area contributed by atoms with Gasteiger partial charge in [0.05, 0.1) is 6.10 Å². The van der Waals surface area contributed by atoms with Gasteiger partial charge in [-0.2, -0.15) is 0 Å². The summed E-state index contributed by atoms with van der Waals surface area (Å²) in [6.45, 7) is 3.60. The van der Waals surface area contributed by atoms with E-state index in [1.165, 1.54) is 18.9 Å². The van der Waals surface area contributed by atoms with E-state index >= 15 is 0 Å². The number of nitrogens with zero attached hydrogens (tertiary/aromatic N) is 2. The monoisotopic (exact) mass is 266 g/mol. The number of hydrogen-bond donors (Lipinski definition) is 1. The molecule has 0 spiro atoms. The van der Waals surface area contributed by atoms with Crippen molar-refractivity contribution in [2.75, 3.05) is 32.1 Å². The van der Waals surface area contributed by atoms with Gasteiger partial charge in [-0.05, 0) is 45.5 Å². The van der Waals surface area contributed by atoms with E-state index in [-0.39, 0.29) is 5.82 Å². The average Bonchev–Trinajstić information content (AvgIpc) is 2.74. The molecule has 1 saturated heterocycles. The molecule has 0 radical (unpaired) electrons. The van der Waals surface area contributed by atoms with Crippen LogP contribution in [0.25, 0.3) is 0 Å². The second-order valence-corrected chi connectivity index (χ2v) is 5.51. The van der Waals surface area contributed by atoms with E-state index < -0.39 is 6.10 Å². The Balaban J connectivity index is 2.19. The quantitative estimate of drug-likeness (QED) is 0.906. The molecular weight excluding hydrogens is 243 g/mol. The van der Waals surface area contributed by atoms with Crippen LogP contribution in [-0.2, 0) is 0 Å². The van der Waals surface area contributed by atoms with Crippen molar-refractivity contribution in [2.24, 2.45) is 0 Å². The number of aliphatic hydroxyl groups excluding tert-OH is 1. The zero-order valence-corrected chi connectivity index (χ0v) is 11.9. The summed E-state index contributed by atoms with van der Waals surface area (Å²) >= 11 is 0. The van der Waals surface area contributed by atoms with Crippen LogP contribution in [0.3, 0.4) is 0 Å². The van der Waals surface area contributed by atoms with Crippen molar-refractivity contribution in [3.05, 3.63) is 29.6 Å². The van der Waals surface area contributed by atoms with E-state index in [2.05, 4.69) is 16.8 Å². The Kier molecular flexibility index (Phi) is 4.42. The third-order valence-corrected chi connectivity index (χ3v) is 4.02. The maximum atomic E-state index is 13.9.